The summed E-state index contributed by atoms with van der Waals surface area (Å²) in [6, 6.07) is 7.02. The van der Waals surface area contributed by atoms with Gasteiger partial charge in [-0.15, -0.1) is 0 Å². The monoisotopic (exact) mass is 330 g/mol. The Morgan fingerprint density at radius 3 is 2.41 bits per heavy atom. The second-order valence-electron chi connectivity index (χ2n) is 4.45. The Morgan fingerprint density at radius 1 is 1.18 bits per heavy atom. The number of alkyl halides is 3. The van der Waals surface area contributed by atoms with Gasteiger partial charge in [0.05, 0.1) is 18.2 Å². The Bertz CT molecular complexity index is 726. The normalized spacial score (nSPS) is 11.3. The van der Waals surface area contributed by atoms with E-state index in [4.69, 9.17) is 21.4 Å². The lowest BCUT2D eigenvalue weighted by atomic mass is 9.98. The Morgan fingerprint density at radius 2 is 1.86 bits per heavy atom. The molecule has 0 spiro atoms. The number of halogens is 4. The average Bonchev–Trinajstić information content (AvgIpc) is 2.45. The highest BCUT2D eigenvalue weighted by atomic mass is 35.5. The summed E-state index contributed by atoms with van der Waals surface area (Å²) in [7, 11) is 1.35. The van der Waals surface area contributed by atoms with Crippen LogP contribution < -0.4 is 4.74 Å². The number of carboxylic acids is 1. The number of aromatic carboxylic acids is 1. The molecular weight excluding hydrogens is 321 g/mol. The molecule has 0 unspecified atom stereocenters. The van der Waals surface area contributed by atoms with Crippen LogP contribution in [0.2, 0.25) is 5.02 Å². The number of ether oxygens (including phenoxy) is 1. The van der Waals surface area contributed by atoms with Crippen LogP contribution in [0.1, 0.15) is 15.9 Å². The fourth-order valence-corrected chi connectivity index (χ4v) is 2.14. The van der Waals surface area contributed by atoms with Gasteiger partial charge in [0, 0.05) is 10.6 Å². The lowest BCUT2D eigenvalue weighted by molar-refractivity contribution is -0.137. The molecule has 116 valence electrons. The maximum atomic E-state index is 12.9. The largest absolute Gasteiger partial charge is 0.496 e. The van der Waals surface area contributed by atoms with Crippen molar-refractivity contribution in [2.24, 2.45) is 0 Å². The Balaban J connectivity index is 2.70. The first-order chi connectivity index (χ1) is 10.2. The van der Waals surface area contributed by atoms with Crippen molar-refractivity contribution in [2.75, 3.05) is 7.11 Å². The topological polar surface area (TPSA) is 46.5 Å². The maximum Gasteiger partial charge on any atom is 0.416 e. The summed E-state index contributed by atoms with van der Waals surface area (Å²) >= 11 is 5.81. The maximum absolute atomic E-state index is 12.9. The van der Waals surface area contributed by atoms with E-state index in [9.17, 15) is 18.0 Å². The predicted molar refractivity (Wildman–Crippen MR) is 75.4 cm³/mol. The first-order valence-electron chi connectivity index (χ1n) is 6.02. The zero-order valence-electron chi connectivity index (χ0n) is 11.2. The van der Waals surface area contributed by atoms with E-state index >= 15 is 0 Å². The van der Waals surface area contributed by atoms with Crippen molar-refractivity contribution < 1.29 is 27.8 Å². The molecule has 0 saturated carbocycles. The molecule has 2 aromatic carbocycles. The summed E-state index contributed by atoms with van der Waals surface area (Å²) in [6.45, 7) is 0. The van der Waals surface area contributed by atoms with Crippen molar-refractivity contribution in [2.45, 2.75) is 6.18 Å². The van der Waals surface area contributed by atoms with E-state index in [1.54, 1.807) is 0 Å². The van der Waals surface area contributed by atoms with Crippen molar-refractivity contribution in [3.05, 3.63) is 52.5 Å². The highest BCUT2D eigenvalue weighted by molar-refractivity contribution is 6.30. The summed E-state index contributed by atoms with van der Waals surface area (Å²) < 4.78 is 43.9. The van der Waals surface area contributed by atoms with Crippen molar-refractivity contribution in [1.82, 2.24) is 0 Å². The van der Waals surface area contributed by atoms with Crippen LogP contribution in [0.3, 0.4) is 0 Å². The molecule has 1 N–H and O–H groups in total. The number of carbonyl (C=O) groups is 1. The van der Waals surface area contributed by atoms with E-state index in [1.807, 2.05) is 0 Å². The van der Waals surface area contributed by atoms with Gasteiger partial charge in [-0.3, -0.25) is 0 Å². The molecule has 0 bridgehead atoms. The van der Waals surface area contributed by atoms with Crippen LogP contribution in [0, 0.1) is 0 Å². The van der Waals surface area contributed by atoms with Gasteiger partial charge >= 0.3 is 12.1 Å². The van der Waals surface area contributed by atoms with Crippen molar-refractivity contribution in [1.29, 1.82) is 0 Å². The van der Waals surface area contributed by atoms with Crippen molar-refractivity contribution in [3.63, 3.8) is 0 Å². The number of methoxy groups -OCH3 is 1. The molecule has 7 heteroatoms. The molecule has 0 atom stereocenters. The molecule has 0 fully saturated rings. The second kappa shape index (κ2) is 5.88. The Kier molecular flexibility index (Phi) is 4.32. The number of hydrogen-bond acceptors (Lipinski definition) is 2. The number of rotatable bonds is 3. The first kappa shape index (κ1) is 16.2. The quantitative estimate of drug-likeness (QED) is 0.884. The molecule has 2 aromatic rings. The Labute approximate surface area is 128 Å². The molecule has 0 aliphatic heterocycles. The fourth-order valence-electron chi connectivity index (χ4n) is 1.97. The van der Waals surface area contributed by atoms with Crippen LogP contribution in [0.25, 0.3) is 11.1 Å². The van der Waals surface area contributed by atoms with Crippen LogP contribution >= 0.6 is 11.6 Å². The molecule has 22 heavy (non-hydrogen) atoms. The Hall–Kier alpha value is -2.21. The van der Waals surface area contributed by atoms with E-state index in [0.717, 1.165) is 12.1 Å². The lowest BCUT2D eigenvalue weighted by Gasteiger charge is -2.13. The van der Waals surface area contributed by atoms with Crippen molar-refractivity contribution >= 4 is 17.6 Å². The number of hydrogen-bond donors (Lipinski definition) is 1. The van der Waals surface area contributed by atoms with Crippen molar-refractivity contribution in [3.8, 4) is 16.9 Å². The average molecular weight is 331 g/mol. The van der Waals surface area contributed by atoms with E-state index < -0.39 is 23.3 Å². The third-order valence-electron chi connectivity index (χ3n) is 2.98. The minimum absolute atomic E-state index is 0.0840. The van der Waals surface area contributed by atoms with Crippen LogP contribution in [0.5, 0.6) is 5.75 Å². The van der Waals surface area contributed by atoms with Gasteiger partial charge in [-0.25, -0.2) is 4.79 Å². The standard InChI is InChI=1S/C15H10ClF3O3/c1-22-13-7-11(16)2-3-12(13)8-4-9(14(20)21)6-10(5-8)15(17,18)19/h2-7H,1H3,(H,20,21). The molecule has 3 nitrogen and oxygen atoms in total. The van der Waals surface area contributed by atoms with E-state index in [2.05, 4.69) is 0 Å². The first-order valence-corrected chi connectivity index (χ1v) is 6.39. The highest BCUT2D eigenvalue weighted by Gasteiger charge is 2.32. The fraction of sp³-hybridized carbons (Fsp3) is 0.133. The molecule has 0 heterocycles. The highest BCUT2D eigenvalue weighted by Crippen LogP contribution is 2.37. The van der Waals surface area contributed by atoms with Crippen LogP contribution in [-0.2, 0) is 6.18 Å². The number of benzene rings is 2. The number of carboxylic acid groups (broad SMARTS) is 1. The predicted octanol–water partition coefficient (Wildman–Crippen LogP) is 4.73. The second-order valence-corrected chi connectivity index (χ2v) is 4.88. The molecule has 0 saturated heterocycles. The van der Waals surface area contributed by atoms with Gasteiger partial charge in [0.25, 0.3) is 0 Å². The smallest absolute Gasteiger partial charge is 0.416 e. The molecule has 2 rings (SSSR count). The minimum Gasteiger partial charge on any atom is -0.496 e. The summed E-state index contributed by atoms with van der Waals surface area (Å²) in [5, 5.41) is 9.35. The van der Waals surface area contributed by atoms with E-state index in [1.165, 1.54) is 25.3 Å². The molecule has 0 aliphatic rings. The summed E-state index contributed by atoms with van der Waals surface area (Å²) in [6.07, 6.45) is -4.65. The lowest BCUT2D eigenvalue weighted by Crippen LogP contribution is -2.08. The van der Waals surface area contributed by atoms with Gasteiger partial charge in [-0.1, -0.05) is 11.6 Å². The van der Waals surface area contributed by atoms with E-state index in [0.29, 0.717) is 16.7 Å². The van der Waals surface area contributed by atoms with Gasteiger partial charge in [-0.05, 0) is 42.0 Å². The van der Waals surface area contributed by atoms with Gasteiger partial charge in [-0.2, -0.15) is 13.2 Å². The molecule has 0 amide bonds. The zero-order valence-corrected chi connectivity index (χ0v) is 12.0. The van der Waals surface area contributed by atoms with Gasteiger partial charge in [0.2, 0.25) is 0 Å². The molecule has 0 radical (unpaired) electrons. The third-order valence-corrected chi connectivity index (χ3v) is 3.22. The van der Waals surface area contributed by atoms with Crippen LogP contribution in [-0.4, -0.2) is 18.2 Å². The minimum atomic E-state index is -4.65. The SMILES string of the molecule is COc1cc(Cl)ccc1-c1cc(C(=O)O)cc(C(F)(F)F)c1. The molecular formula is C15H10ClF3O3. The molecule has 0 aliphatic carbocycles. The van der Waals surface area contributed by atoms with Gasteiger partial charge in [0.1, 0.15) is 5.75 Å². The van der Waals surface area contributed by atoms with Gasteiger partial charge in [0.15, 0.2) is 0 Å². The summed E-state index contributed by atoms with van der Waals surface area (Å²) in [4.78, 5) is 11.1. The zero-order chi connectivity index (χ0) is 16.5. The summed E-state index contributed by atoms with van der Waals surface area (Å²) in [5.74, 6) is -1.19. The molecule has 0 aromatic heterocycles. The third kappa shape index (κ3) is 3.33. The van der Waals surface area contributed by atoms with Gasteiger partial charge < -0.3 is 9.84 Å². The van der Waals surface area contributed by atoms with Crippen LogP contribution in [0.4, 0.5) is 13.2 Å². The van der Waals surface area contributed by atoms with Crippen LogP contribution in [0.15, 0.2) is 36.4 Å². The van der Waals surface area contributed by atoms with E-state index in [-0.39, 0.29) is 11.3 Å². The summed E-state index contributed by atoms with van der Waals surface area (Å²) in [5.41, 5.74) is -1.09.